The van der Waals surface area contributed by atoms with Gasteiger partial charge in [0.05, 0.1) is 17.8 Å². The third kappa shape index (κ3) is 5.30. The molecule has 2 amide bonds. The summed E-state index contributed by atoms with van der Waals surface area (Å²) in [5.74, 6) is -1.22. The van der Waals surface area contributed by atoms with Gasteiger partial charge in [-0.05, 0) is 42.9 Å². The Morgan fingerprint density at radius 3 is 2.39 bits per heavy atom. The standard InChI is InChI=1S/C22H23F3N6O2/c1-2-29-9-11-30(12-10-29)22(32)31(18-7-4-16(23)5-8-18)14-17-6-3-15(13-26-17)20-27-28-21(33-20)19(24)25/h3-8,13,19H,2,9-12,14H2,1H3. The van der Waals surface area contributed by atoms with E-state index < -0.39 is 18.1 Å². The predicted octanol–water partition coefficient (Wildman–Crippen LogP) is 3.97. The van der Waals surface area contributed by atoms with Crippen LogP contribution in [-0.4, -0.2) is 63.7 Å². The molecule has 0 N–H and O–H groups in total. The minimum absolute atomic E-state index is 0.0652. The number of urea groups is 1. The second-order valence-corrected chi connectivity index (χ2v) is 7.55. The number of carbonyl (C=O) groups is 1. The maximum absolute atomic E-state index is 13.5. The number of hydrogen-bond acceptors (Lipinski definition) is 6. The number of benzene rings is 1. The number of halogens is 3. The second kappa shape index (κ2) is 9.99. The first-order valence-corrected chi connectivity index (χ1v) is 10.6. The Morgan fingerprint density at radius 2 is 1.82 bits per heavy atom. The van der Waals surface area contributed by atoms with Gasteiger partial charge in [0.1, 0.15) is 5.82 Å². The topological polar surface area (TPSA) is 78.6 Å². The summed E-state index contributed by atoms with van der Waals surface area (Å²) in [4.78, 5) is 23.3. The second-order valence-electron chi connectivity index (χ2n) is 7.55. The molecule has 0 atom stereocenters. The molecule has 0 radical (unpaired) electrons. The summed E-state index contributed by atoms with van der Waals surface area (Å²) in [6, 6.07) is 8.78. The van der Waals surface area contributed by atoms with E-state index in [-0.39, 0.29) is 18.5 Å². The number of hydrogen-bond donors (Lipinski definition) is 0. The Balaban J connectivity index is 1.53. The van der Waals surface area contributed by atoms with Crippen LogP contribution in [0.2, 0.25) is 0 Å². The van der Waals surface area contributed by atoms with Gasteiger partial charge in [-0.3, -0.25) is 9.88 Å². The number of likely N-dealkylation sites (N-methyl/N-ethyl adjacent to an activating group) is 1. The minimum Gasteiger partial charge on any atom is -0.415 e. The van der Waals surface area contributed by atoms with Crippen LogP contribution in [0.5, 0.6) is 0 Å². The normalized spacial score (nSPS) is 14.6. The fourth-order valence-corrected chi connectivity index (χ4v) is 3.56. The van der Waals surface area contributed by atoms with Crippen molar-refractivity contribution in [2.75, 3.05) is 37.6 Å². The quantitative estimate of drug-likeness (QED) is 0.554. The zero-order valence-electron chi connectivity index (χ0n) is 18.0. The van der Waals surface area contributed by atoms with Crippen molar-refractivity contribution in [1.82, 2.24) is 25.0 Å². The SMILES string of the molecule is CCN1CCN(C(=O)N(Cc2ccc(-c3nnc(C(F)F)o3)cn2)c2ccc(F)cc2)CC1. The molecule has 1 fully saturated rings. The molecular weight excluding hydrogens is 437 g/mol. The van der Waals surface area contributed by atoms with Gasteiger partial charge in [0.15, 0.2) is 0 Å². The maximum atomic E-state index is 13.5. The number of nitrogens with zero attached hydrogens (tertiary/aromatic N) is 6. The monoisotopic (exact) mass is 460 g/mol. The summed E-state index contributed by atoms with van der Waals surface area (Å²) >= 11 is 0. The Morgan fingerprint density at radius 1 is 1.09 bits per heavy atom. The van der Waals surface area contributed by atoms with E-state index in [0.717, 1.165) is 19.6 Å². The lowest BCUT2D eigenvalue weighted by atomic mass is 10.2. The summed E-state index contributed by atoms with van der Waals surface area (Å²) in [6.45, 7) is 5.93. The number of pyridine rings is 1. The molecule has 1 saturated heterocycles. The van der Waals surface area contributed by atoms with Crippen LogP contribution >= 0.6 is 0 Å². The smallest absolute Gasteiger partial charge is 0.324 e. The number of amides is 2. The van der Waals surface area contributed by atoms with Gasteiger partial charge >= 0.3 is 12.5 Å². The van der Waals surface area contributed by atoms with E-state index in [2.05, 4.69) is 27.0 Å². The molecule has 0 unspecified atom stereocenters. The van der Waals surface area contributed by atoms with Crippen molar-refractivity contribution in [2.45, 2.75) is 19.9 Å². The molecule has 4 rings (SSSR count). The molecule has 0 bridgehead atoms. The average Bonchev–Trinajstić information content (AvgIpc) is 3.34. The molecule has 2 aromatic heterocycles. The summed E-state index contributed by atoms with van der Waals surface area (Å²) in [5, 5.41) is 6.92. The Bertz CT molecular complexity index is 1070. The van der Waals surface area contributed by atoms with E-state index in [4.69, 9.17) is 4.42 Å². The van der Waals surface area contributed by atoms with E-state index in [1.165, 1.54) is 18.3 Å². The number of anilines is 1. The highest BCUT2D eigenvalue weighted by molar-refractivity contribution is 5.92. The first-order valence-electron chi connectivity index (χ1n) is 10.6. The molecule has 8 nitrogen and oxygen atoms in total. The van der Waals surface area contributed by atoms with Crippen molar-refractivity contribution in [3.8, 4) is 11.5 Å². The third-order valence-corrected chi connectivity index (χ3v) is 5.48. The highest BCUT2D eigenvalue weighted by Crippen LogP contribution is 2.24. The molecule has 33 heavy (non-hydrogen) atoms. The van der Waals surface area contributed by atoms with Gasteiger partial charge in [-0.2, -0.15) is 8.78 Å². The molecule has 1 aliphatic rings. The van der Waals surface area contributed by atoms with Crippen molar-refractivity contribution < 1.29 is 22.4 Å². The Kier molecular flexibility index (Phi) is 6.87. The van der Waals surface area contributed by atoms with Crippen LogP contribution in [0.4, 0.5) is 23.7 Å². The zero-order chi connectivity index (χ0) is 23.4. The fraction of sp³-hybridized carbons (Fsp3) is 0.364. The molecule has 174 valence electrons. The fourth-order valence-electron chi connectivity index (χ4n) is 3.56. The first kappa shape index (κ1) is 22.7. The van der Waals surface area contributed by atoms with Crippen LogP contribution in [0.25, 0.3) is 11.5 Å². The zero-order valence-corrected chi connectivity index (χ0v) is 18.0. The van der Waals surface area contributed by atoms with Gasteiger partial charge in [-0.1, -0.05) is 6.92 Å². The average molecular weight is 460 g/mol. The van der Waals surface area contributed by atoms with Crippen LogP contribution in [0.1, 0.15) is 24.9 Å². The van der Waals surface area contributed by atoms with Gasteiger partial charge in [0, 0.05) is 38.1 Å². The molecular formula is C22H23F3N6O2. The number of carbonyl (C=O) groups excluding carboxylic acids is 1. The first-order chi connectivity index (χ1) is 15.9. The van der Waals surface area contributed by atoms with Crippen LogP contribution in [0.15, 0.2) is 47.0 Å². The van der Waals surface area contributed by atoms with Gasteiger partial charge in [0.25, 0.3) is 5.89 Å². The van der Waals surface area contributed by atoms with Crippen LogP contribution in [0.3, 0.4) is 0 Å². The predicted molar refractivity (Wildman–Crippen MR) is 114 cm³/mol. The van der Waals surface area contributed by atoms with Crippen LogP contribution < -0.4 is 4.90 Å². The maximum Gasteiger partial charge on any atom is 0.324 e. The van der Waals surface area contributed by atoms with Gasteiger partial charge in [0.2, 0.25) is 5.89 Å². The summed E-state index contributed by atoms with van der Waals surface area (Å²) in [5.41, 5.74) is 1.48. The molecule has 0 spiro atoms. The number of rotatable bonds is 6. The lowest BCUT2D eigenvalue weighted by molar-refractivity contribution is 0.116. The molecule has 0 saturated carbocycles. The number of aromatic nitrogens is 3. The third-order valence-electron chi connectivity index (χ3n) is 5.48. The van der Waals surface area contributed by atoms with Crippen molar-refractivity contribution in [2.24, 2.45) is 0 Å². The number of piperazine rings is 1. The Hall–Kier alpha value is -3.47. The lowest BCUT2D eigenvalue weighted by Crippen LogP contribution is -2.52. The molecule has 3 aromatic rings. The van der Waals surface area contributed by atoms with Gasteiger partial charge < -0.3 is 14.2 Å². The Labute approximate surface area is 188 Å². The van der Waals surface area contributed by atoms with Crippen LogP contribution in [0, 0.1) is 5.82 Å². The largest absolute Gasteiger partial charge is 0.415 e. The van der Waals surface area contributed by atoms with Crippen molar-refractivity contribution >= 4 is 11.7 Å². The van der Waals surface area contributed by atoms with E-state index in [1.807, 2.05) is 0 Å². The lowest BCUT2D eigenvalue weighted by Gasteiger charge is -2.37. The highest BCUT2D eigenvalue weighted by Gasteiger charge is 2.26. The van der Waals surface area contributed by atoms with E-state index >= 15 is 0 Å². The molecule has 0 aliphatic carbocycles. The molecule has 1 aromatic carbocycles. The van der Waals surface area contributed by atoms with Crippen molar-refractivity contribution in [3.63, 3.8) is 0 Å². The van der Waals surface area contributed by atoms with Crippen molar-refractivity contribution in [1.29, 1.82) is 0 Å². The summed E-state index contributed by atoms with van der Waals surface area (Å²) in [7, 11) is 0. The highest BCUT2D eigenvalue weighted by atomic mass is 19.3. The van der Waals surface area contributed by atoms with Gasteiger partial charge in [-0.15, -0.1) is 10.2 Å². The van der Waals surface area contributed by atoms with E-state index in [0.29, 0.717) is 30.0 Å². The van der Waals surface area contributed by atoms with E-state index in [9.17, 15) is 18.0 Å². The molecule has 1 aliphatic heterocycles. The van der Waals surface area contributed by atoms with Crippen LogP contribution in [-0.2, 0) is 6.54 Å². The minimum atomic E-state index is -2.85. The number of alkyl halides is 2. The summed E-state index contributed by atoms with van der Waals surface area (Å²) < 4.78 is 43.8. The van der Waals surface area contributed by atoms with Gasteiger partial charge in [-0.25, -0.2) is 9.18 Å². The summed E-state index contributed by atoms with van der Waals surface area (Å²) in [6.07, 6.45) is -1.43. The van der Waals surface area contributed by atoms with E-state index in [1.54, 1.807) is 34.1 Å². The molecule has 3 heterocycles. The van der Waals surface area contributed by atoms with Crippen molar-refractivity contribution in [3.05, 3.63) is 60.0 Å². The molecule has 11 heteroatoms.